The molecule has 6 nitrogen and oxygen atoms in total. The molecule has 0 radical (unpaired) electrons. The lowest BCUT2D eigenvalue weighted by atomic mass is 10.0. The minimum absolute atomic E-state index is 0.227. The second kappa shape index (κ2) is 6.39. The van der Waals surface area contributed by atoms with E-state index in [4.69, 9.17) is 4.52 Å². The zero-order valence-corrected chi connectivity index (χ0v) is 14.6. The number of anilines is 1. The van der Waals surface area contributed by atoms with Crippen LogP contribution in [0.15, 0.2) is 28.8 Å². The van der Waals surface area contributed by atoms with E-state index in [-0.39, 0.29) is 11.7 Å². The molecular weight excluding hydrogens is 328 g/mol. The number of fused-ring (bicyclic) bond motifs is 1. The fourth-order valence-electron chi connectivity index (χ4n) is 3.04. The molecule has 0 unspecified atom stereocenters. The van der Waals surface area contributed by atoms with Gasteiger partial charge in [-0.25, -0.2) is 8.42 Å². The smallest absolute Gasteiger partial charge is 0.242 e. The summed E-state index contributed by atoms with van der Waals surface area (Å²) >= 11 is 0. The van der Waals surface area contributed by atoms with Crippen molar-refractivity contribution in [2.75, 3.05) is 17.2 Å². The van der Waals surface area contributed by atoms with Gasteiger partial charge in [-0.05, 0) is 38.3 Å². The van der Waals surface area contributed by atoms with Crippen LogP contribution in [0.25, 0.3) is 0 Å². The van der Waals surface area contributed by atoms with Gasteiger partial charge in [0, 0.05) is 17.8 Å². The Hall–Kier alpha value is -2.15. The van der Waals surface area contributed by atoms with Crippen molar-refractivity contribution in [1.82, 2.24) is 5.16 Å². The van der Waals surface area contributed by atoms with Crippen molar-refractivity contribution in [2.45, 2.75) is 32.4 Å². The minimum Gasteiger partial charge on any atom is -0.361 e. The molecule has 0 saturated carbocycles. The van der Waals surface area contributed by atoms with Crippen LogP contribution in [0.5, 0.6) is 0 Å². The first-order valence-electron chi connectivity index (χ1n) is 7.88. The van der Waals surface area contributed by atoms with Crippen molar-refractivity contribution in [3.8, 4) is 0 Å². The zero-order valence-electron chi connectivity index (χ0n) is 13.8. The van der Waals surface area contributed by atoms with Crippen LogP contribution < -0.4 is 4.90 Å². The highest BCUT2D eigenvalue weighted by Gasteiger charge is 2.28. The molecule has 1 aromatic heterocycles. The van der Waals surface area contributed by atoms with E-state index in [1.807, 2.05) is 24.3 Å². The normalized spacial score (nSPS) is 14.5. The molecule has 1 amide bonds. The lowest BCUT2D eigenvalue weighted by molar-refractivity contribution is -0.116. The summed E-state index contributed by atoms with van der Waals surface area (Å²) in [6.45, 7) is 3.92. The third-order valence-corrected chi connectivity index (χ3v) is 5.72. The van der Waals surface area contributed by atoms with Gasteiger partial charge in [-0.1, -0.05) is 23.4 Å². The number of nitrogens with zero attached hydrogens (tertiary/aromatic N) is 2. The summed E-state index contributed by atoms with van der Waals surface area (Å²) in [6.07, 6.45) is 1.75. The van der Waals surface area contributed by atoms with E-state index in [9.17, 15) is 13.2 Å². The fourth-order valence-corrected chi connectivity index (χ4v) is 4.52. The van der Waals surface area contributed by atoms with Gasteiger partial charge in [0.15, 0.2) is 9.84 Å². The maximum atomic E-state index is 12.6. The van der Waals surface area contributed by atoms with E-state index in [1.165, 1.54) is 0 Å². The Morgan fingerprint density at radius 2 is 2.04 bits per heavy atom. The summed E-state index contributed by atoms with van der Waals surface area (Å²) in [5.74, 6) is -0.637. The van der Waals surface area contributed by atoms with E-state index in [0.717, 1.165) is 24.1 Å². The highest BCUT2D eigenvalue weighted by Crippen LogP contribution is 2.27. The summed E-state index contributed by atoms with van der Waals surface area (Å²) in [4.78, 5) is 14.2. The van der Waals surface area contributed by atoms with Crippen molar-refractivity contribution in [3.05, 3.63) is 46.8 Å². The van der Waals surface area contributed by atoms with Crippen LogP contribution in [0.2, 0.25) is 0 Å². The number of para-hydroxylation sites is 1. The predicted octanol–water partition coefficient (Wildman–Crippen LogP) is 2.19. The molecular formula is C17H20N2O4S. The molecule has 3 rings (SSSR count). The van der Waals surface area contributed by atoms with Crippen molar-refractivity contribution in [2.24, 2.45) is 0 Å². The first-order chi connectivity index (χ1) is 11.4. The van der Waals surface area contributed by atoms with Gasteiger partial charge >= 0.3 is 0 Å². The van der Waals surface area contributed by atoms with Crippen molar-refractivity contribution in [3.63, 3.8) is 0 Å². The van der Waals surface area contributed by atoms with Crippen LogP contribution in [0, 0.1) is 13.8 Å². The maximum Gasteiger partial charge on any atom is 0.242 e. The third kappa shape index (κ3) is 3.36. The van der Waals surface area contributed by atoms with Gasteiger partial charge in [0.05, 0.1) is 11.4 Å². The first-order valence-corrected chi connectivity index (χ1v) is 9.70. The van der Waals surface area contributed by atoms with E-state index < -0.39 is 15.6 Å². The molecule has 0 aliphatic carbocycles. The van der Waals surface area contributed by atoms with Crippen LogP contribution in [0.1, 0.15) is 29.0 Å². The number of carbonyl (C=O) groups is 1. The molecule has 0 fully saturated rings. The van der Waals surface area contributed by atoms with E-state index >= 15 is 0 Å². The summed E-state index contributed by atoms with van der Waals surface area (Å²) in [7, 11) is -3.59. The van der Waals surface area contributed by atoms with Crippen molar-refractivity contribution >= 4 is 21.4 Å². The Kier molecular flexibility index (Phi) is 4.45. The molecule has 0 saturated heterocycles. The number of hydrogen-bond acceptors (Lipinski definition) is 5. The van der Waals surface area contributed by atoms with E-state index in [0.29, 0.717) is 23.6 Å². The summed E-state index contributed by atoms with van der Waals surface area (Å²) < 4.78 is 29.9. The molecule has 0 N–H and O–H groups in total. The summed E-state index contributed by atoms with van der Waals surface area (Å²) in [5.41, 5.74) is 3.00. The van der Waals surface area contributed by atoms with Gasteiger partial charge in [0.1, 0.15) is 11.5 Å². The Labute approximate surface area is 141 Å². The molecule has 0 atom stereocenters. The monoisotopic (exact) mass is 348 g/mol. The molecule has 24 heavy (non-hydrogen) atoms. The Morgan fingerprint density at radius 1 is 1.29 bits per heavy atom. The molecule has 1 aromatic carbocycles. The second-order valence-corrected chi connectivity index (χ2v) is 8.18. The summed E-state index contributed by atoms with van der Waals surface area (Å²) in [6, 6.07) is 7.64. The van der Waals surface area contributed by atoms with Gasteiger partial charge in [-0.3, -0.25) is 4.79 Å². The summed E-state index contributed by atoms with van der Waals surface area (Å²) in [5, 5.41) is 3.76. The van der Waals surface area contributed by atoms with Gasteiger partial charge in [-0.15, -0.1) is 0 Å². The van der Waals surface area contributed by atoms with E-state index in [2.05, 4.69) is 5.16 Å². The number of sulfone groups is 1. The predicted molar refractivity (Wildman–Crippen MR) is 90.6 cm³/mol. The Morgan fingerprint density at radius 3 is 2.75 bits per heavy atom. The lowest BCUT2D eigenvalue weighted by Crippen LogP contribution is -2.39. The second-order valence-electron chi connectivity index (χ2n) is 6.11. The number of aromatic nitrogens is 1. The number of amides is 1. The first kappa shape index (κ1) is 16.7. The highest BCUT2D eigenvalue weighted by atomic mass is 32.2. The topological polar surface area (TPSA) is 80.5 Å². The van der Waals surface area contributed by atoms with Crippen LogP contribution in [-0.4, -0.2) is 31.8 Å². The third-order valence-electron chi connectivity index (χ3n) is 4.30. The van der Waals surface area contributed by atoms with Crippen LogP contribution >= 0.6 is 0 Å². The van der Waals surface area contributed by atoms with Crippen molar-refractivity contribution < 1.29 is 17.7 Å². The average Bonchev–Trinajstić information content (AvgIpc) is 2.85. The van der Waals surface area contributed by atoms with Crippen LogP contribution in [0.4, 0.5) is 5.69 Å². The molecule has 1 aliphatic rings. The quantitative estimate of drug-likeness (QED) is 0.846. The zero-order chi connectivity index (χ0) is 17.3. The van der Waals surface area contributed by atoms with Gasteiger partial charge in [0.25, 0.3) is 0 Å². The standard InChI is InChI=1S/C17H20N2O4S/c1-12-15(13(2)23-18-12)10-24(21,22)11-17(20)19-9-5-7-14-6-3-4-8-16(14)19/h3-4,6,8H,5,7,9-11H2,1-2H3. The average molecular weight is 348 g/mol. The SMILES string of the molecule is Cc1noc(C)c1CS(=O)(=O)CC(=O)N1CCCc2ccccc21. The van der Waals surface area contributed by atoms with Gasteiger partial charge in [0.2, 0.25) is 5.91 Å². The van der Waals surface area contributed by atoms with E-state index in [1.54, 1.807) is 18.7 Å². The number of benzene rings is 1. The number of carbonyl (C=O) groups excluding carboxylic acids is 1. The molecule has 2 aromatic rings. The number of rotatable bonds is 4. The van der Waals surface area contributed by atoms with Gasteiger partial charge < -0.3 is 9.42 Å². The van der Waals surface area contributed by atoms with Crippen LogP contribution in [0.3, 0.4) is 0 Å². The number of hydrogen-bond donors (Lipinski definition) is 0. The molecule has 0 bridgehead atoms. The van der Waals surface area contributed by atoms with Crippen molar-refractivity contribution in [1.29, 1.82) is 0 Å². The Bertz CT molecular complexity index is 851. The Balaban J connectivity index is 1.78. The maximum absolute atomic E-state index is 12.6. The fraction of sp³-hybridized carbons (Fsp3) is 0.412. The largest absolute Gasteiger partial charge is 0.361 e. The highest BCUT2D eigenvalue weighted by molar-refractivity contribution is 7.91. The molecule has 7 heteroatoms. The minimum atomic E-state index is -3.59. The molecule has 128 valence electrons. The number of aryl methyl sites for hydroxylation is 3. The van der Waals surface area contributed by atoms with Crippen LogP contribution in [-0.2, 0) is 26.8 Å². The molecule has 0 spiro atoms. The lowest BCUT2D eigenvalue weighted by Gasteiger charge is -2.29. The molecule has 1 aliphatic heterocycles. The van der Waals surface area contributed by atoms with Gasteiger partial charge in [-0.2, -0.15) is 0 Å². The molecule has 2 heterocycles.